The zero-order valence-electron chi connectivity index (χ0n) is 27.3. The third kappa shape index (κ3) is 6.96. The molecular formula is C34H40N2O9S. The number of nitrogens with zero attached hydrogens (tertiary/aromatic N) is 1. The van der Waals surface area contributed by atoms with E-state index in [0.717, 1.165) is 11.8 Å². The minimum atomic E-state index is -0.964. The van der Waals surface area contributed by atoms with Gasteiger partial charge in [-0.15, -0.1) is 0 Å². The van der Waals surface area contributed by atoms with Crippen LogP contribution in [0.15, 0.2) is 36.4 Å². The molecule has 2 aromatic carbocycles. The summed E-state index contributed by atoms with van der Waals surface area (Å²) in [6.07, 6.45) is 1.44. The molecule has 246 valence electrons. The molecule has 0 spiro atoms. The van der Waals surface area contributed by atoms with E-state index < -0.39 is 23.1 Å². The van der Waals surface area contributed by atoms with Gasteiger partial charge in [0.15, 0.2) is 28.7 Å². The van der Waals surface area contributed by atoms with Gasteiger partial charge in [-0.3, -0.25) is 9.36 Å². The van der Waals surface area contributed by atoms with Crippen LogP contribution in [-0.2, 0) is 14.3 Å². The fourth-order valence-electron chi connectivity index (χ4n) is 4.99. The first kappa shape index (κ1) is 34.3. The molecular weight excluding hydrogens is 612 g/mol. The molecule has 1 aromatic heterocycles. The van der Waals surface area contributed by atoms with Crippen LogP contribution >= 0.6 is 11.8 Å². The van der Waals surface area contributed by atoms with Crippen molar-refractivity contribution in [2.75, 3.05) is 33.2 Å². The van der Waals surface area contributed by atoms with Gasteiger partial charge in [-0.2, -0.15) is 0 Å². The number of methoxy groups -OCH3 is 2. The Morgan fingerprint density at radius 2 is 1.48 bits per heavy atom. The number of esters is 2. The van der Waals surface area contributed by atoms with Crippen molar-refractivity contribution in [1.29, 1.82) is 0 Å². The maximum atomic E-state index is 14.4. The number of fused-ring (bicyclic) bond motifs is 1. The second-order valence-corrected chi connectivity index (χ2v) is 11.9. The zero-order valence-corrected chi connectivity index (χ0v) is 28.1. The average Bonchev–Trinajstić information content (AvgIpc) is 3.29. The highest BCUT2D eigenvalue weighted by atomic mass is 32.2. The minimum absolute atomic E-state index is 0.0229. The van der Waals surface area contributed by atoms with E-state index in [9.17, 15) is 14.4 Å². The highest BCUT2D eigenvalue weighted by Gasteiger charge is 2.38. The minimum Gasteiger partial charge on any atom is -0.493 e. The Balaban J connectivity index is 2.04. The first-order chi connectivity index (χ1) is 21.9. The van der Waals surface area contributed by atoms with Crippen LogP contribution in [0, 0.1) is 0 Å². The quantitative estimate of drug-likeness (QED) is 0.278. The Morgan fingerprint density at radius 1 is 0.870 bits per heavy atom. The summed E-state index contributed by atoms with van der Waals surface area (Å²) >= 11 is 1.01. The van der Waals surface area contributed by atoms with Crippen LogP contribution in [-0.4, -0.2) is 62.1 Å². The van der Waals surface area contributed by atoms with Crippen LogP contribution in [0.25, 0.3) is 11.0 Å². The predicted octanol–water partition coefficient (Wildman–Crippen LogP) is 4.47. The summed E-state index contributed by atoms with van der Waals surface area (Å²) in [7, 11) is 3.04. The Labute approximate surface area is 272 Å². The number of ether oxygens (including phenoxy) is 6. The van der Waals surface area contributed by atoms with Crippen LogP contribution in [0.4, 0.5) is 5.69 Å². The monoisotopic (exact) mass is 652 g/mol. The molecule has 11 nitrogen and oxygen atoms in total. The highest BCUT2D eigenvalue weighted by Crippen LogP contribution is 2.42. The molecule has 3 aromatic rings. The summed E-state index contributed by atoms with van der Waals surface area (Å²) in [6, 6.07) is 10.4. The first-order valence-corrected chi connectivity index (χ1v) is 15.8. The first-order valence-electron chi connectivity index (χ1n) is 15.0. The van der Waals surface area contributed by atoms with Gasteiger partial charge in [0.25, 0.3) is 0 Å². The molecule has 12 heteroatoms. The van der Waals surface area contributed by atoms with Crippen molar-refractivity contribution in [2.24, 2.45) is 0 Å². The second-order valence-electron chi connectivity index (χ2n) is 10.8. The summed E-state index contributed by atoms with van der Waals surface area (Å²) in [5, 5.41) is -0.544. The van der Waals surface area contributed by atoms with Gasteiger partial charge in [0.05, 0.1) is 50.7 Å². The number of nitrogen functional groups attached to an aromatic ring is 1. The summed E-state index contributed by atoms with van der Waals surface area (Å²) < 4.78 is 34.8. The number of aromatic nitrogens is 1. The van der Waals surface area contributed by atoms with Gasteiger partial charge in [-0.05, 0) is 83.0 Å². The van der Waals surface area contributed by atoms with Crippen molar-refractivity contribution in [3.8, 4) is 23.0 Å². The lowest BCUT2D eigenvalue weighted by Gasteiger charge is -2.24. The molecule has 0 saturated carbocycles. The smallest absolute Gasteiger partial charge is 0.357 e. The van der Waals surface area contributed by atoms with Gasteiger partial charge in [0.1, 0.15) is 10.2 Å². The van der Waals surface area contributed by atoms with Crippen LogP contribution in [0.5, 0.6) is 23.0 Å². The Hall–Kier alpha value is -4.58. The maximum Gasteiger partial charge on any atom is 0.357 e. The van der Waals surface area contributed by atoms with Crippen molar-refractivity contribution in [2.45, 2.75) is 59.0 Å². The second kappa shape index (κ2) is 14.7. The van der Waals surface area contributed by atoms with Gasteiger partial charge >= 0.3 is 11.9 Å². The summed E-state index contributed by atoms with van der Waals surface area (Å²) in [6.45, 7) is 11.0. The van der Waals surface area contributed by atoms with Gasteiger partial charge < -0.3 is 34.2 Å². The molecule has 0 bridgehead atoms. The van der Waals surface area contributed by atoms with Gasteiger partial charge in [-0.25, -0.2) is 9.59 Å². The van der Waals surface area contributed by atoms with E-state index in [1.165, 1.54) is 11.7 Å². The van der Waals surface area contributed by atoms with Crippen molar-refractivity contribution in [3.63, 3.8) is 0 Å². The number of anilines is 1. The topological polar surface area (TPSA) is 138 Å². The fraction of sp³-hybridized carbons (Fsp3) is 0.382. The van der Waals surface area contributed by atoms with Crippen LogP contribution in [0.1, 0.15) is 73.2 Å². The van der Waals surface area contributed by atoms with Crippen molar-refractivity contribution < 1.29 is 42.8 Å². The SMILES string of the molecule is CCOC(=O)C1=c2/c(=C/c3ccc(OC)c(OC(C)C)c3)c(N)c(C(=O)OCC)n2C(=O)C(c2ccc(OC(C)C)c(OC)c2)S1. The third-order valence-electron chi connectivity index (χ3n) is 6.79. The van der Waals surface area contributed by atoms with Gasteiger partial charge in [-0.1, -0.05) is 23.9 Å². The third-order valence-corrected chi connectivity index (χ3v) is 8.09. The number of benzene rings is 2. The van der Waals surface area contributed by atoms with E-state index in [4.69, 9.17) is 34.2 Å². The summed E-state index contributed by atoms with van der Waals surface area (Å²) in [5.41, 5.74) is 7.60. The normalized spacial score (nSPS) is 14.7. The van der Waals surface area contributed by atoms with E-state index in [0.29, 0.717) is 34.1 Å². The highest BCUT2D eigenvalue weighted by molar-refractivity contribution is 8.10. The van der Waals surface area contributed by atoms with E-state index in [2.05, 4.69) is 0 Å². The maximum absolute atomic E-state index is 14.4. The molecule has 1 atom stereocenters. The number of rotatable bonds is 12. The van der Waals surface area contributed by atoms with E-state index in [-0.39, 0.29) is 52.3 Å². The molecule has 0 fully saturated rings. The van der Waals surface area contributed by atoms with Gasteiger partial charge in [0.2, 0.25) is 5.91 Å². The van der Waals surface area contributed by atoms with Gasteiger partial charge in [0, 0.05) is 5.22 Å². The zero-order chi connectivity index (χ0) is 33.7. The molecule has 0 saturated heterocycles. The number of hydrogen-bond donors (Lipinski definition) is 1. The van der Waals surface area contributed by atoms with E-state index in [1.54, 1.807) is 63.4 Å². The number of carbonyl (C=O) groups excluding carboxylic acids is 3. The number of nitrogens with two attached hydrogens (primary N) is 1. The Bertz CT molecular complexity index is 1760. The van der Waals surface area contributed by atoms with E-state index >= 15 is 0 Å². The summed E-state index contributed by atoms with van der Waals surface area (Å²) in [5.74, 6) is -0.0484. The molecule has 2 N–H and O–H groups in total. The molecule has 46 heavy (non-hydrogen) atoms. The Kier molecular flexibility index (Phi) is 10.9. The lowest BCUT2D eigenvalue weighted by molar-refractivity contribution is -0.135. The molecule has 1 aliphatic heterocycles. The Morgan fingerprint density at radius 3 is 2.09 bits per heavy atom. The molecule has 0 radical (unpaired) electrons. The molecule has 1 aliphatic rings. The molecule has 2 heterocycles. The average molecular weight is 653 g/mol. The number of hydrogen-bond acceptors (Lipinski definition) is 11. The fourth-order valence-corrected chi connectivity index (χ4v) is 6.18. The summed E-state index contributed by atoms with van der Waals surface area (Å²) in [4.78, 5) is 41.5. The van der Waals surface area contributed by atoms with Crippen LogP contribution < -0.4 is 35.2 Å². The molecule has 0 amide bonds. The van der Waals surface area contributed by atoms with Crippen LogP contribution in [0.3, 0.4) is 0 Å². The molecule has 0 aliphatic carbocycles. The molecule has 1 unspecified atom stereocenters. The number of carbonyl (C=O) groups is 3. The predicted molar refractivity (Wildman–Crippen MR) is 176 cm³/mol. The number of thioether (sulfide) groups is 1. The van der Waals surface area contributed by atoms with Crippen molar-refractivity contribution >= 4 is 46.3 Å². The van der Waals surface area contributed by atoms with Crippen molar-refractivity contribution in [3.05, 3.63) is 63.8 Å². The van der Waals surface area contributed by atoms with Crippen LogP contribution in [0.2, 0.25) is 0 Å². The molecule has 4 rings (SSSR count). The standard InChI is InChI=1S/C34H40N2O9S/c1-9-42-33(38)29-27(35)22(15-20-11-13-23(40-7)26(16-20)45-19(5)6)28-31(34(39)43-10-2)46-30(32(37)36(28)29)21-12-14-24(44-18(3)4)25(17-21)41-8/h11-19,30H,9-10,35H2,1-8H3/b22-15+. The lowest BCUT2D eigenvalue weighted by Crippen LogP contribution is -2.42. The van der Waals surface area contributed by atoms with E-state index in [1.807, 2.05) is 27.7 Å². The van der Waals surface area contributed by atoms with Crippen molar-refractivity contribution in [1.82, 2.24) is 4.57 Å². The lowest BCUT2D eigenvalue weighted by atomic mass is 10.1. The largest absolute Gasteiger partial charge is 0.493 e.